The smallest absolute Gasteiger partial charge is 0.248 e. The quantitative estimate of drug-likeness (QED) is 0.736. The molecule has 2 aromatic heterocycles. The lowest BCUT2D eigenvalue weighted by Gasteiger charge is -2.21. The molecule has 0 bridgehead atoms. The van der Waals surface area contributed by atoms with Crippen molar-refractivity contribution in [2.75, 3.05) is 0 Å². The Hall–Kier alpha value is -1.99. The van der Waals surface area contributed by atoms with E-state index < -0.39 is 24.2 Å². The fourth-order valence-electron chi connectivity index (χ4n) is 1.79. The third-order valence-electron chi connectivity index (χ3n) is 2.96. The second kappa shape index (κ2) is 5.98. The van der Waals surface area contributed by atoms with Gasteiger partial charge in [-0.2, -0.15) is 4.98 Å². The molecule has 0 saturated carbocycles. The van der Waals surface area contributed by atoms with Crippen LogP contribution in [0.2, 0.25) is 0 Å². The summed E-state index contributed by atoms with van der Waals surface area (Å²) in [6.07, 6.45) is -0.197. The first-order chi connectivity index (χ1) is 9.52. The largest absolute Gasteiger partial charge is 0.436 e. The van der Waals surface area contributed by atoms with Gasteiger partial charge in [-0.15, -0.1) is 0 Å². The standard InChI is InChI=1S/C13H17N3O4/c1-3-8(15-12(19)7(2)17)10(18)13-16-11-9(20-13)5-4-6-14-11/h4-8,10,17-18H,3H2,1-2H3,(H,15,19). The number of aromatic nitrogens is 2. The number of rotatable bonds is 5. The fraction of sp³-hybridized carbons (Fsp3) is 0.462. The van der Waals surface area contributed by atoms with E-state index in [1.165, 1.54) is 6.92 Å². The maximum Gasteiger partial charge on any atom is 0.248 e. The molecule has 108 valence electrons. The summed E-state index contributed by atoms with van der Waals surface area (Å²) in [6.45, 7) is 3.16. The van der Waals surface area contributed by atoms with Crippen molar-refractivity contribution < 1.29 is 19.4 Å². The number of carbonyl (C=O) groups excluding carboxylic acids is 1. The Bertz CT molecular complexity index is 563. The Labute approximate surface area is 115 Å². The number of hydrogen-bond donors (Lipinski definition) is 3. The Morgan fingerprint density at radius 1 is 1.50 bits per heavy atom. The molecule has 7 nitrogen and oxygen atoms in total. The summed E-state index contributed by atoms with van der Waals surface area (Å²) in [6, 6.07) is 2.81. The lowest BCUT2D eigenvalue weighted by atomic mass is 10.1. The van der Waals surface area contributed by atoms with Gasteiger partial charge in [0.2, 0.25) is 11.8 Å². The van der Waals surface area contributed by atoms with Gasteiger partial charge in [-0.05, 0) is 25.5 Å². The number of nitrogens with one attached hydrogen (secondary N) is 1. The van der Waals surface area contributed by atoms with E-state index in [0.717, 1.165) is 0 Å². The van der Waals surface area contributed by atoms with Crippen LogP contribution >= 0.6 is 0 Å². The minimum absolute atomic E-state index is 0.0939. The van der Waals surface area contributed by atoms with Crippen LogP contribution in [-0.2, 0) is 4.79 Å². The van der Waals surface area contributed by atoms with Crippen molar-refractivity contribution in [1.29, 1.82) is 0 Å². The molecular weight excluding hydrogens is 262 g/mol. The van der Waals surface area contributed by atoms with Gasteiger partial charge in [0.15, 0.2) is 17.3 Å². The maximum absolute atomic E-state index is 11.5. The molecule has 0 radical (unpaired) electrons. The number of pyridine rings is 1. The van der Waals surface area contributed by atoms with Gasteiger partial charge < -0.3 is 19.9 Å². The summed E-state index contributed by atoms with van der Waals surface area (Å²) in [7, 11) is 0. The normalized spacial score (nSPS) is 15.8. The van der Waals surface area contributed by atoms with E-state index >= 15 is 0 Å². The summed E-state index contributed by atoms with van der Waals surface area (Å²) in [5, 5.41) is 22.0. The van der Waals surface area contributed by atoms with Crippen LogP contribution in [0, 0.1) is 0 Å². The molecule has 3 N–H and O–H groups in total. The third kappa shape index (κ3) is 2.94. The molecule has 0 aliphatic rings. The second-order valence-corrected chi connectivity index (χ2v) is 4.52. The summed E-state index contributed by atoms with van der Waals surface area (Å²) < 4.78 is 5.42. The van der Waals surface area contributed by atoms with E-state index in [0.29, 0.717) is 17.7 Å². The highest BCUT2D eigenvalue weighted by Crippen LogP contribution is 2.22. The molecule has 2 rings (SSSR count). The summed E-state index contributed by atoms with van der Waals surface area (Å²) in [5.74, 6) is -0.457. The van der Waals surface area contributed by atoms with Crippen molar-refractivity contribution in [3.63, 3.8) is 0 Å². The number of amides is 1. The van der Waals surface area contributed by atoms with Gasteiger partial charge in [0.05, 0.1) is 6.04 Å². The van der Waals surface area contributed by atoms with E-state index in [-0.39, 0.29) is 5.89 Å². The Morgan fingerprint density at radius 2 is 2.25 bits per heavy atom. The van der Waals surface area contributed by atoms with Crippen LogP contribution in [-0.4, -0.2) is 38.2 Å². The maximum atomic E-state index is 11.5. The van der Waals surface area contributed by atoms with Crippen LogP contribution in [0.15, 0.2) is 22.7 Å². The van der Waals surface area contributed by atoms with Gasteiger partial charge in [0, 0.05) is 6.20 Å². The van der Waals surface area contributed by atoms with Gasteiger partial charge in [0.1, 0.15) is 6.10 Å². The van der Waals surface area contributed by atoms with Gasteiger partial charge in [-0.3, -0.25) is 4.79 Å². The highest BCUT2D eigenvalue weighted by atomic mass is 16.4. The second-order valence-electron chi connectivity index (χ2n) is 4.52. The zero-order valence-corrected chi connectivity index (χ0v) is 11.3. The van der Waals surface area contributed by atoms with E-state index in [4.69, 9.17) is 4.42 Å². The monoisotopic (exact) mass is 279 g/mol. The van der Waals surface area contributed by atoms with Gasteiger partial charge >= 0.3 is 0 Å². The van der Waals surface area contributed by atoms with Crippen molar-refractivity contribution in [2.24, 2.45) is 0 Å². The first-order valence-corrected chi connectivity index (χ1v) is 6.41. The van der Waals surface area contributed by atoms with Crippen molar-refractivity contribution in [1.82, 2.24) is 15.3 Å². The van der Waals surface area contributed by atoms with Crippen molar-refractivity contribution in [3.8, 4) is 0 Å². The van der Waals surface area contributed by atoms with Gasteiger partial charge in [0.25, 0.3) is 0 Å². The van der Waals surface area contributed by atoms with E-state index in [2.05, 4.69) is 15.3 Å². The zero-order valence-electron chi connectivity index (χ0n) is 11.3. The molecule has 20 heavy (non-hydrogen) atoms. The molecule has 3 atom stereocenters. The van der Waals surface area contributed by atoms with Gasteiger partial charge in [-0.25, -0.2) is 4.98 Å². The average Bonchev–Trinajstić information content (AvgIpc) is 2.87. The highest BCUT2D eigenvalue weighted by molar-refractivity contribution is 5.80. The predicted molar refractivity (Wildman–Crippen MR) is 70.7 cm³/mol. The lowest BCUT2D eigenvalue weighted by Crippen LogP contribution is -2.43. The molecule has 0 aliphatic heterocycles. The molecule has 3 unspecified atom stereocenters. The number of carbonyl (C=O) groups is 1. The Kier molecular flexibility index (Phi) is 4.31. The van der Waals surface area contributed by atoms with Gasteiger partial charge in [-0.1, -0.05) is 6.92 Å². The van der Waals surface area contributed by atoms with E-state index in [1.54, 1.807) is 25.3 Å². The van der Waals surface area contributed by atoms with Crippen LogP contribution in [0.1, 0.15) is 32.3 Å². The topological polar surface area (TPSA) is 108 Å². The van der Waals surface area contributed by atoms with E-state index in [9.17, 15) is 15.0 Å². The van der Waals surface area contributed by atoms with Crippen molar-refractivity contribution >= 4 is 17.1 Å². The Balaban J connectivity index is 2.19. The summed E-state index contributed by atoms with van der Waals surface area (Å²) in [5.41, 5.74) is 0.872. The molecule has 1 amide bonds. The third-order valence-corrected chi connectivity index (χ3v) is 2.96. The number of fused-ring (bicyclic) bond motifs is 1. The molecule has 7 heteroatoms. The molecule has 2 aromatic rings. The first-order valence-electron chi connectivity index (χ1n) is 6.41. The number of aliphatic hydroxyl groups excluding tert-OH is 2. The minimum atomic E-state index is -1.14. The Morgan fingerprint density at radius 3 is 2.85 bits per heavy atom. The molecule has 0 aromatic carbocycles. The van der Waals surface area contributed by atoms with Crippen LogP contribution in [0.5, 0.6) is 0 Å². The summed E-state index contributed by atoms with van der Waals surface area (Å²) >= 11 is 0. The lowest BCUT2D eigenvalue weighted by molar-refractivity contribution is -0.130. The van der Waals surface area contributed by atoms with Crippen LogP contribution in [0.25, 0.3) is 11.2 Å². The van der Waals surface area contributed by atoms with Crippen LogP contribution in [0.3, 0.4) is 0 Å². The van der Waals surface area contributed by atoms with Crippen molar-refractivity contribution in [2.45, 2.75) is 38.5 Å². The first kappa shape index (κ1) is 14.4. The van der Waals surface area contributed by atoms with Crippen molar-refractivity contribution in [3.05, 3.63) is 24.2 Å². The molecule has 0 spiro atoms. The average molecular weight is 279 g/mol. The number of hydrogen-bond acceptors (Lipinski definition) is 6. The number of nitrogens with zero attached hydrogens (tertiary/aromatic N) is 2. The highest BCUT2D eigenvalue weighted by Gasteiger charge is 2.27. The SMILES string of the molecule is CCC(NC(=O)C(C)O)C(O)c1nc2ncccc2o1. The van der Waals surface area contributed by atoms with Crippen LogP contribution < -0.4 is 5.32 Å². The fourth-order valence-corrected chi connectivity index (χ4v) is 1.79. The van der Waals surface area contributed by atoms with E-state index in [1.807, 2.05) is 0 Å². The number of oxazole rings is 1. The predicted octanol–water partition coefficient (Wildman–Crippen LogP) is 0.532. The van der Waals surface area contributed by atoms with Crippen LogP contribution in [0.4, 0.5) is 0 Å². The number of aliphatic hydroxyl groups is 2. The minimum Gasteiger partial charge on any atom is -0.436 e. The molecule has 0 fully saturated rings. The zero-order chi connectivity index (χ0) is 14.7. The molecule has 0 saturated heterocycles. The molecular formula is C13H17N3O4. The molecule has 2 heterocycles. The summed E-state index contributed by atoms with van der Waals surface area (Å²) in [4.78, 5) is 19.6. The molecule has 0 aliphatic carbocycles.